The maximum Gasteiger partial charge on any atom is 0.279 e. The van der Waals surface area contributed by atoms with Gasteiger partial charge in [-0.2, -0.15) is 24.5 Å². The number of hydrogen-bond donors (Lipinski definition) is 2. The second kappa shape index (κ2) is 8.72. The standard InChI is InChI=1S/C14H29N3O2S2/c1-2-15-12-14-5-3-4-8-17(14)21(18,19)16-11-13-6-9-20-10-7-13/h13-16H,2-12H2,1H3. The van der Waals surface area contributed by atoms with Crippen molar-refractivity contribution in [3.8, 4) is 0 Å². The third-order valence-corrected chi connectivity index (χ3v) is 7.09. The van der Waals surface area contributed by atoms with Gasteiger partial charge in [0.1, 0.15) is 0 Å². The van der Waals surface area contributed by atoms with E-state index in [9.17, 15) is 8.42 Å². The highest BCUT2D eigenvalue weighted by molar-refractivity contribution is 7.99. The molecule has 0 aromatic rings. The van der Waals surface area contributed by atoms with Gasteiger partial charge in [0.15, 0.2) is 0 Å². The molecular formula is C14H29N3O2S2. The van der Waals surface area contributed by atoms with Crippen molar-refractivity contribution in [2.24, 2.45) is 5.92 Å². The summed E-state index contributed by atoms with van der Waals surface area (Å²) in [6.45, 7) is 4.97. The van der Waals surface area contributed by atoms with Gasteiger partial charge in [-0.15, -0.1) is 0 Å². The van der Waals surface area contributed by atoms with E-state index >= 15 is 0 Å². The number of nitrogens with one attached hydrogen (secondary N) is 2. The molecule has 5 nitrogen and oxygen atoms in total. The summed E-state index contributed by atoms with van der Waals surface area (Å²) in [6, 6.07) is 0.109. The fourth-order valence-electron chi connectivity index (χ4n) is 3.06. The average molecular weight is 336 g/mol. The Balaban J connectivity index is 1.88. The highest BCUT2D eigenvalue weighted by atomic mass is 32.2. The number of hydrogen-bond acceptors (Lipinski definition) is 4. The zero-order chi connectivity index (χ0) is 15.1. The van der Waals surface area contributed by atoms with Gasteiger partial charge >= 0.3 is 0 Å². The summed E-state index contributed by atoms with van der Waals surface area (Å²) in [7, 11) is -3.33. The molecule has 2 rings (SSSR count). The zero-order valence-electron chi connectivity index (χ0n) is 13.0. The Kier molecular flexibility index (Phi) is 7.28. The van der Waals surface area contributed by atoms with E-state index < -0.39 is 10.2 Å². The minimum atomic E-state index is -3.33. The molecule has 21 heavy (non-hydrogen) atoms. The summed E-state index contributed by atoms with van der Waals surface area (Å²) >= 11 is 1.97. The topological polar surface area (TPSA) is 61.4 Å². The van der Waals surface area contributed by atoms with Crippen LogP contribution in [0.2, 0.25) is 0 Å². The molecule has 1 unspecified atom stereocenters. The summed E-state index contributed by atoms with van der Waals surface area (Å²) < 4.78 is 29.7. The van der Waals surface area contributed by atoms with E-state index in [1.165, 1.54) is 11.5 Å². The van der Waals surface area contributed by atoms with E-state index in [0.29, 0.717) is 19.0 Å². The minimum absolute atomic E-state index is 0.109. The molecule has 0 saturated carbocycles. The predicted molar refractivity (Wildman–Crippen MR) is 89.9 cm³/mol. The van der Waals surface area contributed by atoms with Crippen LogP contribution in [0.1, 0.15) is 39.0 Å². The molecule has 0 bridgehead atoms. The first-order chi connectivity index (χ1) is 10.1. The van der Waals surface area contributed by atoms with Crippen LogP contribution in [0.3, 0.4) is 0 Å². The average Bonchev–Trinajstić information content (AvgIpc) is 2.52. The Bertz CT molecular complexity index is 397. The molecule has 0 aromatic carbocycles. The Morgan fingerprint density at radius 2 is 1.90 bits per heavy atom. The molecule has 2 heterocycles. The lowest BCUT2D eigenvalue weighted by atomic mass is 10.0. The Hall–Kier alpha value is 0.180. The Morgan fingerprint density at radius 1 is 1.14 bits per heavy atom. The van der Waals surface area contributed by atoms with Crippen molar-refractivity contribution in [1.82, 2.24) is 14.3 Å². The van der Waals surface area contributed by atoms with Crippen molar-refractivity contribution < 1.29 is 8.42 Å². The van der Waals surface area contributed by atoms with Crippen LogP contribution in [-0.2, 0) is 10.2 Å². The molecule has 2 fully saturated rings. The van der Waals surface area contributed by atoms with Gasteiger partial charge in [-0.05, 0) is 49.7 Å². The SMILES string of the molecule is CCNCC1CCCCN1S(=O)(=O)NCC1CCSCC1. The van der Waals surface area contributed by atoms with E-state index in [-0.39, 0.29) is 6.04 Å². The summed E-state index contributed by atoms with van der Waals surface area (Å²) in [5.74, 6) is 2.84. The highest BCUT2D eigenvalue weighted by Gasteiger charge is 2.32. The van der Waals surface area contributed by atoms with Crippen LogP contribution in [0.4, 0.5) is 0 Å². The first-order valence-electron chi connectivity index (χ1n) is 8.18. The van der Waals surface area contributed by atoms with Crippen molar-refractivity contribution in [3.63, 3.8) is 0 Å². The van der Waals surface area contributed by atoms with Gasteiger partial charge < -0.3 is 5.32 Å². The molecule has 0 radical (unpaired) electrons. The normalized spacial score (nSPS) is 26.0. The molecule has 2 N–H and O–H groups in total. The molecule has 0 spiro atoms. The Labute approximate surface area is 133 Å². The van der Waals surface area contributed by atoms with E-state index in [2.05, 4.69) is 17.0 Å². The van der Waals surface area contributed by atoms with Crippen LogP contribution >= 0.6 is 11.8 Å². The Morgan fingerprint density at radius 3 is 2.62 bits per heavy atom. The summed E-state index contributed by atoms with van der Waals surface area (Å²) in [6.07, 6.45) is 5.33. The van der Waals surface area contributed by atoms with Gasteiger partial charge in [-0.3, -0.25) is 0 Å². The van der Waals surface area contributed by atoms with E-state index in [1.54, 1.807) is 4.31 Å². The van der Waals surface area contributed by atoms with Crippen molar-refractivity contribution in [3.05, 3.63) is 0 Å². The molecule has 0 aliphatic carbocycles. The molecule has 124 valence electrons. The van der Waals surface area contributed by atoms with Gasteiger partial charge in [-0.25, -0.2) is 4.72 Å². The van der Waals surface area contributed by atoms with Crippen molar-refractivity contribution >= 4 is 22.0 Å². The molecule has 1 atom stereocenters. The van der Waals surface area contributed by atoms with E-state index in [1.807, 2.05) is 11.8 Å². The maximum atomic E-state index is 12.6. The van der Waals surface area contributed by atoms with Crippen LogP contribution in [-0.4, -0.2) is 56.4 Å². The van der Waals surface area contributed by atoms with Crippen LogP contribution < -0.4 is 10.0 Å². The summed E-state index contributed by atoms with van der Waals surface area (Å²) in [5.41, 5.74) is 0. The highest BCUT2D eigenvalue weighted by Crippen LogP contribution is 2.23. The van der Waals surface area contributed by atoms with Crippen LogP contribution in [0.25, 0.3) is 0 Å². The lowest BCUT2D eigenvalue weighted by molar-refractivity contribution is 0.243. The van der Waals surface area contributed by atoms with E-state index in [4.69, 9.17) is 0 Å². The smallest absolute Gasteiger partial charge is 0.279 e. The third kappa shape index (κ3) is 5.39. The van der Waals surface area contributed by atoms with E-state index in [0.717, 1.165) is 45.2 Å². The second-order valence-corrected chi connectivity index (χ2v) is 8.91. The molecule has 0 amide bonds. The van der Waals surface area contributed by atoms with Crippen molar-refractivity contribution in [2.45, 2.75) is 45.1 Å². The number of rotatable bonds is 7. The second-order valence-electron chi connectivity index (χ2n) is 5.98. The fourth-order valence-corrected chi connectivity index (χ4v) is 5.82. The predicted octanol–water partition coefficient (Wildman–Crippen LogP) is 1.43. The molecule has 0 aromatic heterocycles. The summed E-state index contributed by atoms with van der Waals surface area (Å²) in [5, 5.41) is 3.29. The first-order valence-corrected chi connectivity index (χ1v) is 10.8. The fraction of sp³-hybridized carbons (Fsp3) is 1.00. The lowest BCUT2D eigenvalue weighted by Gasteiger charge is -2.35. The lowest BCUT2D eigenvalue weighted by Crippen LogP contribution is -2.53. The van der Waals surface area contributed by atoms with Gasteiger partial charge in [0.25, 0.3) is 10.2 Å². The summed E-state index contributed by atoms with van der Waals surface area (Å²) in [4.78, 5) is 0. The minimum Gasteiger partial charge on any atom is -0.315 e. The molecule has 2 aliphatic rings. The molecule has 2 aliphatic heterocycles. The number of thioether (sulfide) groups is 1. The van der Waals surface area contributed by atoms with Gasteiger partial charge in [0.2, 0.25) is 0 Å². The number of piperidine rings is 1. The van der Waals surface area contributed by atoms with Crippen molar-refractivity contribution in [1.29, 1.82) is 0 Å². The van der Waals surface area contributed by atoms with Crippen LogP contribution in [0.15, 0.2) is 0 Å². The third-order valence-electron chi connectivity index (χ3n) is 4.41. The van der Waals surface area contributed by atoms with Gasteiger partial charge in [0.05, 0.1) is 0 Å². The molecule has 7 heteroatoms. The van der Waals surface area contributed by atoms with Crippen LogP contribution in [0.5, 0.6) is 0 Å². The monoisotopic (exact) mass is 335 g/mol. The van der Waals surface area contributed by atoms with Crippen LogP contribution in [0, 0.1) is 5.92 Å². The van der Waals surface area contributed by atoms with Crippen molar-refractivity contribution in [2.75, 3.05) is 37.7 Å². The first kappa shape index (κ1) is 17.5. The quantitative estimate of drug-likeness (QED) is 0.739. The number of likely N-dealkylation sites (N-methyl/N-ethyl adjacent to an activating group) is 1. The van der Waals surface area contributed by atoms with Gasteiger partial charge in [0, 0.05) is 25.7 Å². The molecule has 2 saturated heterocycles. The maximum absolute atomic E-state index is 12.6. The van der Waals surface area contributed by atoms with Gasteiger partial charge in [-0.1, -0.05) is 13.3 Å². The zero-order valence-corrected chi connectivity index (χ0v) is 14.6. The molecular weight excluding hydrogens is 306 g/mol. The largest absolute Gasteiger partial charge is 0.315 e. The number of nitrogens with zero attached hydrogens (tertiary/aromatic N) is 1.